The zero-order chi connectivity index (χ0) is 14.4. The molecule has 106 valence electrons. The molecule has 2 heterocycles. The van der Waals surface area contributed by atoms with Gasteiger partial charge in [-0.15, -0.1) is 0 Å². The summed E-state index contributed by atoms with van der Waals surface area (Å²) in [5, 5.41) is 9.49. The molecule has 2 rings (SSSR count). The second-order valence-electron chi connectivity index (χ2n) is 4.06. The third-order valence-electron chi connectivity index (χ3n) is 2.43. The molecule has 2 N–H and O–H groups in total. The highest BCUT2D eigenvalue weighted by Crippen LogP contribution is 2.01. The van der Waals surface area contributed by atoms with Gasteiger partial charge in [-0.1, -0.05) is 5.16 Å². The van der Waals surface area contributed by atoms with Crippen molar-refractivity contribution in [3.63, 3.8) is 0 Å². The molecule has 2 aromatic heterocycles. The Labute approximate surface area is 116 Å². The summed E-state index contributed by atoms with van der Waals surface area (Å²) in [6.45, 7) is 4.79. The Kier molecular flexibility index (Phi) is 4.59. The number of hydrogen-bond acceptors (Lipinski definition) is 7. The molecule has 0 aromatic carbocycles. The van der Waals surface area contributed by atoms with Crippen LogP contribution in [0.25, 0.3) is 0 Å². The molecular formula is C12H16N6O2. The van der Waals surface area contributed by atoms with E-state index in [0.717, 1.165) is 6.54 Å². The van der Waals surface area contributed by atoms with Gasteiger partial charge in [0.25, 0.3) is 5.91 Å². The van der Waals surface area contributed by atoms with Crippen LogP contribution in [0.2, 0.25) is 0 Å². The summed E-state index contributed by atoms with van der Waals surface area (Å²) in [5.74, 6) is 1.37. The summed E-state index contributed by atoms with van der Waals surface area (Å²) in [6.07, 6.45) is 3.50. The molecule has 0 spiro atoms. The lowest BCUT2D eigenvalue weighted by molar-refractivity contribution is 0.0948. The zero-order valence-corrected chi connectivity index (χ0v) is 11.4. The topological polar surface area (TPSA) is 106 Å². The van der Waals surface area contributed by atoms with Crippen LogP contribution in [-0.2, 0) is 6.42 Å². The third-order valence-corrected chi connectivity index (χ3v) is 2.43. The lowest BCUT2D eigenvalue weighted by Crippen LogP contribution is -2.27. The Balaban J connectivity index is 1.86. The smallest absolute Gasteiger partial charge is 0.271 e. The average molecular weight is 276 g/mol. The number of carbonyl (C=O) groups is 1. The molecule has 0 aliphatic rings. The van der Waals surface area contributed by atoms with Crippen LogP contribution >= 0.6 is 0 Å². The first-order chi connectivity index (χ1) is 9.69. The minimum absolute atomic E-state index is 0.271. The van der Waals surface area contributed by atoms with Gasteiger partial charge in [-0.3, -0.25) is 9.78 Å². The van der Waals surface area contributed by atoms with Crippen LogP contribution < -0.4 is 10.6 Å². The van der Waals surface area contributed by atoms with Crippen molar-refractivity contribution in [3.05, 3.63) is 29.8 Å². The lowest BCUT2D eigenvalue weighted by Gasteiger charge is -2.05. The van der Waals surface area contributed by atoms with Crippen molar-refractivity contribution in [2.45, 2.75) is 20.3 Å². The maximum atomic E-state index is 11.9. The van der Waals surface area contributed by atoms with E-state index in [2.05, 4.69) is 30.7 Å². The van der Waals surface area contributed by atoms with E-state index in [1.165, 1.54) is 6.20 Å². The quantitative estimate of drug-likeness (QED) is 0.794. The molecule has 0 fully saturated rings. The van der Waals surface area contributed by atoms with Crippen molar-refractivity contribution in [1.82, 2.24) is 25.4 Å². The van der Waals surface area contributed by atoms with E-state index in [1.54, 1.807) is 13.1 Å². The van der Waals surface area contributed by atoms with Gasteiger partial charge >= 0.3 is 0 Å². The molecular weight excluding hydrogens is 260 g/mol. The van der Waals surface area contributed by atoms with E-state index in [9.17, 15) is 4.79 Å². The fourth-order valence-electron chi connectivity index (χ4n) is 1.56. The summed E-state index contributed by atoms with van der Waals surface area (Å²) >= 11 is 0. The summed E-state index contributed by atoms with van der Waals surface area (Å²) in [4.78, 5) is 24.1. The Hall–Kier alpha value is -2.51. The Morgan fingerprint density at radius 2 is 2.20 bits per heavy atom. The van der Waals surface area contributed by atoms with Gasteiger partial charge in [0.05, 0.1) is 12.4 Å². The highest BCUT2D eigenvalue weighted by molar-refractivity contribution is 5.92. The number of carbonyl (C=O) groups excluding carboxylic acids is 1. The number of anilines is 1. The first kappa shape index (κ1) is 13.9. The minimum Gasteiger partial charge on any atom is -0.369 e. The van der Waals surface area contributed by atoms with Crippen LogP contribution in [0.5, 0.6) is 0 Å². The molecule has 0 saturated carbocycles. The molecule has 8 nitrogen and oxygen atoms in total. The summed E-state index contributed by atoms with van der Waals surface area (Å²) in [6, 6.07) is 0. The Bertz CT molecular complexity index is 583. The number of nitrogens with one attached hydrogen (secondary N) is 2. The van der Waals surface area contributed by atoms with E-state index in [4.69, 9.17) is 4.52 Å². The summed E-state index contributed by atoms with van der Waals surface area (Å²) in [5.41, 5.74) is 0.271. The molecule has 0 unspecified atom stereocenters. The molecule has 1 amide bonds. The van der Waals surface area contributed by atoms with Gasteiger partial charge < -0.3 is 15.2 Å². The molecule has 0 atom stereocenters. The number of amides is 1. The maximum absolute atomic E-state index is 11.9. The number of nitrogens with zero attached hydrogens (tertiary/aromatic N) is 4. The van der Waals surface area contributed by atoms with Crippen LogP contribution in [-0.4, -0.2) is 39.1 Å². The van der Waals surface area contributed by atoms with Crippen molar-refractivity contribution < 1.29 is 9.32 Å². The van der Waals surface area contributed by atoms with Crippen molar-refractivity contribution >= 4 is 11.7 Å². The summed E-state index contributed by atoms with van der Waals surface area (Å²) < 4.78 is 4.84. The normalized spacial score (nSPS) is 10.3. The number of aromatic nitrogens is 4. The Morgan fingerprint density at radius 3 is 2.90 bits per heavy atom. The van der Waals surface area contributed by atoms with Gasteiger partial charge in [0.1, 0.15) is 11.5 Å². The van der Waals surface area contributed by atoms with Crippen molar-refractivity contribution in [2.75, 3.05) is 18.4 Å². The molecule has 0 bridgehead atoms. The highest BCUT2D eigenvalue weighted by Gasteiger charge is 2.09. The molecule has 8 heteroatoms. The van der Waals surface area contributed by atoms with Crippen LogP contribution in [0.3, 0.4) is 0 Å². The SMILES string of the molecule is CCNc1cncc(C(=O)NCCc2noc(C)n2)n1. The highest BCUT2D eigenvalue weighted by atomic mass is 16.5. The van der Waals surface area contributed by atoms with Gasteiger partial charge in [-0.05, 0) is 6.92 Å². The second kappa shape index (κ2) is 6.60. The Morgan fingerprint density at radius 1 is 1.35 bits per heavy atom. The van der Waals surface area contributed by atoms with Gasteiger partial charge in [-0.2, -0.15) is 4.98 Å². The van der Waals surface area contributed by atoms with Crippen molar-refractivity contribution in [1.29, 1.82) is 0 Å². The molecule has 0 saturated heterocycles. The van der Waals surface area contributed by atoms with E-state index >= 15 is 0 Å². The first-order valence-electron chi connectivity index (χ1n) is 6.32. The molecule has 20 heavy (non-hydrogen) atoms. The van der Waals surface area contributed by atoms with Crippen molar-refractivity contribution in [2.24, 2.45) is 0 Å². The number of aryl methyl sites for hydroxylation is 1. The number of hydrogen-bond donors (Lipinski definition) is 2. The van der Waals surface area contributed by atoms with Crippen LogP contribution in [0.1, 0.15) is 29.1 Å². The molecule has 0 radical (unpaired) electrons. The van der Waals surface area contributed by atoms with Gasteiger partial charge in [-0.25, -0.2) is 4.98 Å². The van der Waals surface area contributed by atoms with Crippen LogP contribution in [0, 0.1) is 6.92 Å². The second-order valence-corrected chi connectivity index (χ2v) is 4.06. The predicted molar refractivity (Wildman–Crippen MR) is 71.3 cm³/mol. The van der Waals surface area contributed by atoms with E-state index in [0.29, 0.717) is 30.5 Å². The first-order valence-corrected chi connectivity index (χ1v) is 6.32. The average Bonchev–Trinajstić information content (AvgIpc) is 2.85. The van der Waals surface area contributed by atoms with E-state index < -0.39 is 0 Å². The van der Waals surface area contributed by atoms with Crippen molar-refractivity contribution in [3.8, 4) is 0 Å². The number of rotatable bonds is 6. The monoisotopic (exact) mass is 276 g/mol. The summed E-state index contributed by atoms with van der Waals surface area (Å²) in [7, 11) is 0. The maximum Gasteiger partial charge on any atom is 0.271 e. The van der Waals surface area contributed by atoms with Gasteiger partial charge in [0.2, 0.25) is 5.89 Å². The zero-order valence-electron chi connectivity index (χ0n) is 11.4. The molecule has 0 aliphatic carbocycles. The van der Waals surface area contributed by atoms with Crippen LogP contribution in [0.4, 0.5) is 5.82 Å². The van der Waals surface area contributed by atoms with Crippen LogP contribution in [0.15, 0.2) is 16.9 Å². The molecule has 2 aromatic rings. The fourth-order valence-corrected chi connectivity index (χ4v) is 1.56. The lowest BCUT2D eigenvalue weighted by atomic mass is 10.3. The largest absolute Gasteiger partial charge is 0.369 e. The van der Waals surface area contributed by atoms with Gasteiger partial charge in [0.15, 0.2) is 5.82 Å². The van der Waals surface area contributed by atoms with E-state index in [-0.39, 0.29) is 11.6 Å². The third kappa shape index (κ3) is 3.74. The standard InChI is InChI=1S/C12H16N6O2/c1-3-14-11-7-13-6-9(17-11)12(19)15-5-4-10-16-8(2)20-18-10/h6-7H,3-5H2,1-2H3,(H,14,17)(H,15,19). The van der Waals surface area contributed by atoms with E-state index in [1.807, 2.05) is 6.92 Å². The fraction of sp³-hybridized carbons (Fsp3) is 0.417. The molecule has 0 aliphatic heterocycles. The minimum atomic E-state index is -0.280. The van der Waals surface area contributed by atoms with Gasteiger partial charge in [0, 0.05) is 26.4 Å². The predicted octanol–water partition coefficient (Wildman–Crippen LogP) is 0.572.